The molecule has 0 radical (unpaired) electrons. The van der Waals surface area contributed by atoms with E-state index in [1.54, 1.807) is 78.8 Å². The zero-order valence-corrected chi connectivity index (χ0v) is 82.6. The molecule has 5 saturated heterocycles. The topological polar surface area (TPSA) is 579 Å². The Bertz CT molecular complexity index is 4720. The minimum absolute atomic E-state index is 0.0297. The molecule has 754 valence electrons. The molecule has 7 aliphatic rings. The number of nitrogens with one attached hydrogen (secondary N) is 7. The summed E-state index contributed by atoms with van der Waals surface area (Å²) >= 11 is 2.72. The van der Waals surface area contributed by atoms with E-state index in [4.69, 9.17) is 71.2 Å². The van der Waals surface area contributed by atoms with E-state index in [0.717, 1.165) is 18.9 Å². The lowest BCUT2D eigenvalue weighted by atomic mass is 9.75. The van der Waals surface area contributed by atoms with E-state index in [2.05, 4.69) is 61.1 Å². The average Bonchev–Trinajstić information content (AvgIpc) is 0.747. The smallest absolute Gasteiger partial charge is 0.411 e. The van der Waals surface area contributed by atoms with Gasteiger partial charge in [-0.3, -0.25) is 48.5 Å². The highest BCUT2D eigenvalue weighted by atomic mass is 127. The fraction of sp³-hybridized carbons (Fsp3) is 0.644. The summed E-state index contributed by atoms with van der Waals surface area (Å²) in [6, 6.07) is 1.93. The van der Waals surface area contributed by atoms with Crippen LogP contribution in [0.15, 0.2) is 59.3 Å². The highest BCUT2D eigenvalue weighted by Gasteiger charge is 2.54. The number of nitrogens with zero attached hydrogens (tertiary/aromatic N) is 1. The number of alkyl carbamates (subject to hydrolysis) is 2. The van der Waals surface area contributed by atoms with Crippen molar-refractivity contribution in [3.63, 3.8) is 0 Å². The number of methoxy groups -OCH3 is 5. The van der Waals surface area contributed by atoms with Gasteiger partial charge in [-0.15, -0.1) is 0 Å². The normalized spacial score (nSPS) is 30.5. The summed E-state index contributed by atoms with van der Waals surface area (Å²) < 4.78 is 84.3. The molecule has 23 unspecified atom stereocenters. The van der Waals surface area contributed by atoms with Crippen LogP contribution in [0, 0.1) is 46.0 Å². The van der Waals surface area contributed by atoms with E-state index >= 15 is 0 Å². The summed E-state index contributed by atoms with van der Waals surface area (Å²) in [4.78, 5) is 142. The summed E-state index contributed by atoms with van der Waals surface area (Å²) in [6.07, 6.45) is -24.7. The number of fused-ring (bicyclic) bond motifs is 2. The highest BCUT2D eigenvalue weighted by Crippen LogP contribution is 2.50. The number of thioether (sulfide) groups is 1. The maximum Gasteiger partial charge on any atom is 0.411 e. The van der Waals surface area contributed by atoms with Gasteiger partial charge in [0.1, 0.15) is 74.1 Å². The molecule has 46 heteroatoms. The Labute approximate surface area is 813 Å². The quantitative estimate of drug-likeness (QED) is 0.0148. The maximum absolute atomic E-state index is 14.7. The summed E-state index contributed by atoms with van der Waals surface area (Å²) in [7, 11) is 10.5. The van der Waals surface area contributed by atoms with Crippen LogP contribution in [0.2, 0.25) is 0 Å². The van der Waals surface area contributed by atoms with Crippen molar-refractivity contribution in [2.24, 2.45) is 11.8 Å². The predicted molar refractivity (Wildman–Crippen MR) is 497 cm³/mol. The third kappa shape index (κ3) is 28.9. The zero-order chi connectivity index (χ0) is 99.9. The number of halogens is 1. The van der Waals surface area contributed by atoms with Crippen LogP contribution >= 0.6 is 55.9 Å². The molecule has 42 nitrogen and oxygen atoms in total. The molecule has 0 aromatic heterocycles. The molecule has 136 heavy (non-hydrogen) atoms. The van der Waals surface area contributed by atoms with Crippen molar-refractivity contribution < 1.29 is 165 Å². The van der Waals surface area contributed by atoms with Gasteiger partial charge in [-0.25, -0.2) is 9.59 Å². The standard InChI is InChI=1S/C90H125IN8O34S3/c1-16-99(62(107)38-93-88(116)125-40-49-26-28-50(29-27-49)94-83(113)43(4)34-53(101)68(42(2)3)95-60(105)24-21-23-59(104)92-10)52-41-124-63(36-57(52)119-11)131-80-75(111)69(98-133-64-35-54(102)82(48(9)126-64)135-85(115)65-45(6)67(91)78(81(122-14)77(65)120-12)132-86-76(112)79(121-13)72(108)47(8)128-86)46(7)127-87(80)130-56-22-19-17-18-20-32-90(118)37-55(103)70(97-89(117)123-15)66(56)51(90)31-33-134-136-44(5)25-30-61(106)96-71-74(110)73(109)58(39-100)129-84(71)114/h17-18,26-29,31,42-44,46-48,52,54,56-58,63-64,68-69,71-76,79-80,82,84,86-87,98,100,102,108-112,114,118H,16,21,23-25,30,33-41H2,1-15H3,(H,92,104)(H,93,116)(H,94,113)(H,95,105)(H,96,106)(H,97,117)/b18-17-,51-31+/t43-,44?,46?,47?,48?,52?,54?,56+,57?,58?,63?,64?,68+,69?,71?,72?,73?,74?,75?,76?,79?,80?,82?,84?,86?,87?,90+/m1/s1. The van der Waals surface area contributed by atoms with E-state index in [1.807, 2.05) is 29.5 Å². The lowest BCUT2D eigenvalue weighted by molar-refractivity contribution is -0.337. The van der Waals surface area contributed by atoms with Gasteiger partial charge < -0.3 is 144 Å². The lowest BCUT2D eigenvalue weighted by Gasteiger charge is -2.47. The van der Waals surface area contributed by atoms with E-state index in [1.165, 1.54) is 81.1 Å². The van der Waals surface area contributed by atoms with E-state index < -0.39 is 224 Å². The molecule has 5 fully saturated rings. The Morgan fingerprint density at radius 2 is 1.45 bits per heavy atom. The van der Waals surface area contributed by atoms with Crippen molar-refractivity contribution in [3.05, 3.63) is 79.6 Å². The number of benzene rings is 2. The molecule has 2 aromatic carbocycles. The number of hydrogen-bond acceptors (Lipinski definition) is 38. The largest absolute Gasteiger partial charge is 0.492 e. The van der Waals surface area contributed by atoms with Gasteiger partial charge in [-0.1, -0.05) is 103 Å². The molecule has 16 N–H and O–H groups in total. The van der Waals surface area contributed by atoms with E-state index in [9.17, 15) is 93.9 Å². The lowest BCUT2D eigenvalue weighted by Crippen LogP contribution is -2.65. The maximum atomic E-state index is 14.7. The van der Waals surface area contributed by atoms with Crippen molar-refractivity contribution in [1.29, 1.82) is 0 Å². The number of anilines is 1. The van der Waals surface area contributed by atoms with Gasteiger partial charge in [-0.2, -0.15) is 5.48 Å². The summed E-state index contributed by atoms with van der Waals surface area (Å²) in [5.41, 5.74) is 1.14. The van der Waals surface area contributed by atoms with Gasteiger partial charge in [0.05, 0.1) is 110 Å². The highest BCUT2D eigenvalue weighted by molar-refractivity contribution is 14.1. The van der Waals surface area contributed by atoms with Crippen molar-refractivity contribution in [3.8, 4) is 40.9 Å². The van der Waals surface area contributed by atoms with Crippen molar-refractivity contribution >= 4 is 120 Å². The summed E-state index contributed by atoms with van der Waals surface area (Å²) in [6.45, 7) is 13.3. The van der Waals surface area contributed by atoms with E-state index in [0.29, 0.717) is 26.8 Å². The Balaban J connectivity index is 0.906. The number of amides is 7. The number of carbonyl (C=O) groups excluding carboxylic acids is 10. The zero-order valence-electron chi connectivity index (χ0n) is 78.0. The van der Waals surface area contributed by atoms with Crippen LogP contribution in [-0.4, -0.2) is 341 Å². The first-order chi connectivity index (χ1) is 64.7. The molecule has 2 aliphatic carbocycles. The van der Waals surface area contributed by atoms with Crippen LogP contribution in [0.3, 0.4) is 0 Å². The average molecular weight is 2090 g/mol. The third-order valence-electron chi connectivity index (χ3n) is 23.8. The Kier molecular flexibility index (Phi) is 43.1. The second-order valence-electron chi connectivity index (χ2n) is 33.7. The Morgan fingerprint density at radius 1 is 0.750 bits per heavy atom. The first-order valence-electron chi connectivity index (χ1n) is 44.3. The Morgan fingerprint density at radius 3 is 2.10 bits per heavy atom. The number of Topliss-reactive ketones (excluding diaryl/α,β-unsaturated/α-hetero) is 2. The number of likely N-dealkylation sites (N-methyl/N-ethyl adjacent to an activating group) is 1. The van der Waals surface area contributed by atoms with Crippen LogP contribution in [0.4, 0.5) is 15.3 Å². The monoisotopic (exact) mass is 2080 g/mol. The van der Waals surface area contributed by atoms with Crippen LogP contribution < -0.4 is 51.6 Å². The number of allylic oxidation sites excluding steroid dienone is 3. The van der Waals surface area contributed by atoms with Gasteiger partial charge >= 0.3 is 12.2 Å². The molecule has 5 heterocycles. The molecule has 7 amide bonds. The van der Waals surface area contributed by atoms with Crippen LogP contribution in [0.1, 0.15) is 135 Å². The molecule has 2 aromatic rings. The van der Waals surface area contributed by atoms with Crippen LogP contribution in [0.25, 0.3) is 0 Å². The first kappa shape index (κ1) is 112. The number of ether oxygens (including phenoxy) is 14. The molecule has 5 aliphatic heterocycles. The van der Waals surface area contributed by atoms with Crippen molar-refractivity contribution in [2.45, 2.75) is 284 Å². The predicted octanol–water partition coefficient (Wildman–Crippen LogP) is 1.76. The number of rotatable bonds is 42. The van der Waals surface area contributed by atoms with E-state index in [-0.39, 0.29) is 133 Å². The minimum Gasteiger partial charge on any atom is -0.492 e. The van der Waals surface area contributed by atoms with Gasteiger partial charge in [0, 0.05) is 100 Å². The van der Waals surface area contributed by atoms with Gasteiger partial charge in [0.2, 0.25) is 46.7 Å². The molecule has 0 saturated carbocycles. The third-order valence-corrected chi connectivity index (χ3v) is 29.3. The summed E-state index contributed by atoms with van der Waals surface area (Å²) in [5, 5.41) is 114. The minimum atomic E-state index is -2.32. The van der Waals surface area contributed by atoms with Gasteiger partial charge in [0.15, 0.2) is 53.8 Å². The number of hydrogen-bond donors (Lipinski definition) is 16. The number of aliphatic hydroxyl groups excluding tert-OH is 8. The SMILES string of the molecule is CCN(C(=O)CNC(=O)OCc1ccc(NC(=O)[C@H](C)CC(=O)[C@@H](NC(=O)CCCC(=O)NC)C(C)C)cc1)C1COC(OC2C(O[C@H]3C#C/C=C\C#C[C@]4(O)CC(=O)C(NC(=O)OC)=C3/C4=C\CSSC(C)CCC(=O)NC3C(O)OC(CO)C(O)C3O)OC(C)C(NOC3CC(O)C(SC(=O)c4c(C)c(I)c(OC5OC(C)C(O)C(OC)C5O)c(OC)c4OC)C(C)O3)C2O)CC1OC. The summed E-state index contributed by atoms with van der Waals surface area (Å²) in [5.74, 6) is 6.89. The van der Waals surface area contributed by atoms with Gasteiger partial charge in [-0.05, 0) is 111 Å². The van der Waals surface area contributed by atoms with Gasteiger partial charge in [0.25, 0.3) is 0 Å². The van der Waals surface area contributed by atoms with Crippen molar-refractivity contribution in [1.82, 2.24) is 37.0 Å². The van der Waals surface area contributed by atoms with Crippen molar-refractivity contribution in [2.75, 3.05) is 80.0 Å². The fourth-order valence-electron chi connectivity index (χ4n) is 16.2. The second kappa shape index (κ2) is 52.5. The fourth-order valence-corrected chi connectivity index (χ4v) is 20.2. The molecular weight excluding hydrogens is 1960 g/mol. The van der Waals surface area contributed by atoms with Crippen LogP contribution in [-0.2, 0) is 97.1 Å². The molecule has 2 bridgehead atoms. The Hall–Kier alpha value is -7.94. The second-order valence-corrected chi connectivity index (χ2v) is 38.8. The molecular formula is C90H125IN8O34S3. The number of aliphatic hydroxyl groups is 9. The molecule has 27 atom stereocenters. The van der Waals surface area contributed by atoms with Crippen LogP contribution in [0.5, 0.6) is 17.2 Å². The number of hydroxylamine groups is 1. The number of carbonyl (C=O) groups is 10. The molecule has 9 rings (SSSR count). The molecule has 0 spiro atoms. The first-order valence-corrected chi connectivity index (χ1v) is 48.7. The number of ketones is 2.